The summed E-state index contributed by atoms with van der Waals surface area (Å²) in [5.74, 6) is -1.67. The molecule has 0 saturated carbocycles. The maximum absolute atomic E-state index is 11.5. The largest absolute Gasteiger partial charge is 0.465 e. The van der Waals surface area contributed by atoms with Gasteiger partial charge in [0.1, 0.15) is 5.56 Å². The molecule has 1 unspecified atom stereocenters. The van der Waals surface area contributed by atoms with E-state index < -0.39 is 28.6 Å². The van der Waals surface area contributed by atoms with Gasteiger partial charge in [-0.2, -0.15) is 0 Å². The number of carbonyl (C=O) groups is 2. The fourth-order valence-electron chi connectivity index (χ4n) is 1.55. The molecule has 0 spiro atoms. The van der Waals surface area contributed by atoms with Crippen LogP contribution in [0.5, 0.6) is 0 Å². The SMILES string of the molecule is [C-]#[N+]C(C(=O)OC)c1cc(C(=O)OC)ccc1[N+](=O)[O-]. The normalized spacial score (nSPS) is 11.1. The van der Waals surface area contributed by atoms with Crippen LogP contribution in [0.2, 0.25) is 0 Å². The lowest BCUT2D eigenvalue weighted by Gasteiger charge is -2.06. The van der Waals surface area contributed by atoms with Crippen molar-refractivity contribution in [1.29, 1.82) is 0 Å². The molecule has 0 fully saturated rings. The Kier molecular flexibility index (Phi) is 4.75. The number of benzene rings is 1. The summed E-state index contributed by atoms with van der Waals surface area (Å²) < 4.78 is 8.92. The number of hydrogen-bond acceptors (Lipinski definition) is 6. The van der Waals surface area contributed by atoms with Crippen LogP contribution in [-0.2, 0) is 14.3 Å². The van der Waals surface area contributed by atoms with Crippen LogP contribution in [0.15, 0.2) is 18.2 Å². The molecular weight excluding hydrogens is 268 g/mol. The third-order valence-electron chi connectivity index (χ3n) is 2.49. The van der Waals surface area contributed by atoms with Crippen LogP contribution < -0.4 is 0 Å². The van der Waals surface area contributed by atoms with Crippen LogP contribution in [0.4, 0.5) is 5.69 Å². The van der Waals surface area contributed by atoms with Crippen LogP contribution in [0, 0.1) is 16.7 Å². The molecule has 0 radical (unpaired) electrons. The zero-order valence-electron chi connectivity index (χ0n) is 10.7. The van der Waals surface area contributed by atoms with Crippen molar-refractivity contribution in [1.82, 2.24) is 0 Å². The number of esters is 2. The molecule has 8 nitrogen and oxygen atoms in total. The highest BCUT2D eigenvalue weighted by atomic mass is 16.6. The lowest BCUT2D eigenvalue weighted by atomic mass is 10.0. The monoisotopic (exact) mass is 278 g/mol. The molecule has 0 aromatic heterocycles. The second kappa shape index (κ2) is 6.29. The molecule has 1 rings (SSSR count). The van der Waals surface area contributed by atoms with Crippen molar-refractivity contribution in [2.75, 3.05) is 14.2 Å². The van der Waals surface area contributed by atoms with Gasteiger partial charge in [-0.3, -0.25) is 15.0 Å². The number of hydrogen-bond donors (Lipinski definition) is 0. The maximum Gasteiger partial charge on any atom is 0.395 e. The Hall–Kier alpha value is -2.95. The molecule has 1 aromatic rings. The summed E-state index contributed by atoms with van der Waals surface area (Å²) in [4.78, 5) is 36.1. The quantitative estimate of drug-likeness (QED) is 0.358. The van der Waals surface area contributed by atoms with Gasteiger partial charge in [-0.15, -0.1) is 0 Å². The number of nitrogens with zero attached hydrogens (tertiary/aromatic N) is 2. The molecule has 0 N–H and O–H groups in total. The lowest BCUT2D eigenvalue weighted by Crippen LogP contribution is -2.14. The van der Waals surface area contributed by atoms with Gasteiger partial charge in [0.2, 0.25) is 0 Å². The van der Waals surface area contributed by atoms with E-state index in [-0.39, 0.29) is 11.1 Å². The van der Waals surface area contributed by atoms with Gasteiger partial charge in [0.15, 0.2) is 0 Å². The Balaban J connectivity index is 3.46. The van der Waals surface area contributed by atoms with E-state index in [1.165, 1.54) is 6.07 Å². The molecule has 0 amide bonds. The van der Waals surface area contributed by atoms with Gasteiger partial charge < -0.3 is 9.47 Å². The zero-order valence-corrected chi connectivity index (χ0v) is 10.7. The zero-order chi connectivity index (χ0) is 15.3. The third-order valence-corrected chi connectivity index (χ3v) is 2.49. The standard InChI is InChI=1S/C12H10N2O6/c1-13-10(12(16)20-3)8-6-7(11(15)19-2)4-5-9(8)14(17)18/h4-6,10H,2-3H3. The van der Waals surface area contributed by atoms with Crippen molar-refractivity contribution >= 4 is 17.6 Å². The molecule has 0 heterocycles. The Labute approximate surface area is 113 Å². The molecule has 0 bridgehead atoms. The second-order valence-electron chi connectivity index (χ2n) is 3.58. The molecule has 8 heteroatoms. The summed E-state index contributed by atoms with van der Waals surface area (Å²) >= 11 is 0. The first-order chi connectivity index (χ1) is 9.46. The van der Waals surface area contributed by atoms with Gasteiger partial charge in [0, 0.05) is 6.07 Å². The van der Waals surface area contributed by atoms with E-state index in [1.807, 2.05) is 0 Å². The van der Waals surface area contributed by atoms with Crippen molar-refractivity contribution in [3.05, 3.63) is 50.9 Å². The van der Waals surface area contributed by atoms with Crippen molar-refractivity contribution in [2.24, 2.45) is 0 Å². The van der Waals surface area contributed by atoms with Gasteiger partial charge in [-0.05, 0) is 12.1 Å². The van der Waals surface area contributed by atoms with Gasteiger partial charge in [-0.1, -0.05) is 0 Å². The molecule has 1 atom stereocenters. The molecule has 1 aromatic carbocycles. The molecular formula is C12H10N2O6. The lowest BCUT2D eigenvalue weighted by molar-refractivity contribution is -0.385. The first-order valence-corrected chi connectivity index (χ1v) is 5.27. The first-order valence-electron chi connectivity index (χ1n) is 5.27. The minimum atomic E-state index is -1.51. The minimum Gasteiger partial charge on any atom is -0.465 e. The molecule has 0 aliphatic carbocycles. The van der Waals surface area contributed by atoms with Crippen LogP contribution >= 0.6 is 0 Å². The molecule has 0 aliphatic heterocycles. The molecule has 104 valence electrons. The smallest absolute Gasteiger partial charge is 0.395 e. The molecule has 20 heavy (non-hydrogen) atoms. The highest BCUT2D eigenvalue weighted by molar-refractivity contribution is 5.91. The van der Waals surface area contributed by atoms with E-state index in [4.69, 9.17) is 6.57 Å². The van der Waals surface area contributed by atoms with Gasteiger partial charge in [0.25, 0.3) is 5.69 Å². The first kappa shape index (κ1) is 15.1. The number of ether oxygens (including phenoxy) is 2. The van der Waals surface area contributed by atoms with E-state index in [0.29, 0.717) is 0 Å². The predicted molar refractivity (Wildman–Crippen MR) is 65.8 cm³/mol. The summed E-state index contributed by atoms with van der Waals surface area (Å²) in [6, 6.07) is 1.81. The number of carbonyl (C=O) groups excluding carboxylic acids is 2. The van der Waals surface area contributed by atoms with E-state index in [1.54, 1.807) is 0 Å². The van der Waals surface area contributed by atoms with Crippen LogP contribution in [0.25, 0.3) is 4.85 Å². The predicted octanol–water partition coefficient (Wildman–Crippen LogP) is 1.51. The topological polar surface area (TPSA) is 100 Å². The summed E-state index contributed by atoms with van der Waals surface area (Å²) in [7, 11) is 2.21. The average Bonchev–Trinajstić information content (AvgIpc) is 2.46. The number of rotatable bonds is 4. The second-order valence-corrected chi connectivity index (χ2v) is 3.58. The summed E-state index contributed by atoms with van der Waals surface area (Å²) in [6.45, 7) is 6.98. The fourth-order valence-corrected chi connectivity index (χ4v) is 1.55. The van der Waals surface area contributed by atoms with Crippen molar-refractivity contribution in [3.63, 3.8) is 0 Å². The van der Waals surface area contributed by atoms with Gasteiger partial charge in [-0.25, -0.2) is 16.2 Å². The van der Waals surface area contributed by atoms with E-state index in [9.17, 15) is 19.7 Å². The van der Waals surface area contributed by atoms with E-state index >= 15 is 0 Å². The summed E-state index contributed by atoms with van der Waals surface area (Å²) in [5, 5.41) is 10.9. The van der Waals surface area contributed by atoms with Crippen molar-refractivity contribution < 1.29 is 24.0 Å². The van der Waals surface area contributed by atoms with Crippen LogP contribution in [-0.4, -0.2) is 31.1 Å². The van der Waals surface area contributed by atoms with Crippen molar-refractivity contribution in [3.8, 4) is 0 Å². The highest BCUT2D eigenvalue weighted by Crippen LogP contribution is 2.30. The highest BCUT2D eigenvalue weighted by Gasteiger charge is 2.34. The maximum atomic E-state index is 11.5. The Morgan fingerprint density at radius 1 is 1.35 bits per heavy atom. The minimum absolute atomic E-state index is 0.00523. The summed E-state index contributed by atoms with van der Waals surface area (Å²) in [5.41, 5.74) is -0.644. The molecule has 0 aliphatic rings. The third kappa shape index (κ3) is 2.89. The van der Waals surface area contributed by atoms with Crippen LogP contribution in [0.3, 0.4) is 0 Å². The van der Waals surface area contributed by atoms with Crippen LogP contribution in [0.1, 0.15) is 22.0 Å². The Morgan fingerprint density at radius 2 is 2.00 bits per heavy atom. The van der Waals surface area contributed by atoms with Gasteiger partial charge >= 0.3 is 18.0 Å². The van der Waals surface area contributed by atoms with Gasteiger partial charge in [0.05, 0.1) is 24.7 Å². The Morgan fingerprint density at radius 3 is 2.45 bits per heavy atom. The number of nitro groups is 1. The van der Waals surface area contributed by atoms with Crippen molar-refractivity contribution in [2.45, 2.75) is 6.04 Å². The summed E-state index contributed by atoms with van der Waals surface area (Å²) in [6.07, 6.45) is 0. The number of nitro benzene ring substituents is 1. The number of methoxy groups -OCH3 is 2. The fraction of sp³-hybridized carbons (Fsp3) is 0.250. The van der Waals surface area contributed by atoms with E-state index in [2.05, 4.69) is 14.3 Å². The average molecular weight is 278 g/mol. The Bertz CT molecular complexity index is 604. The molecule has 0 saturated heterocycles. The van der Waals surface area contributed by atoms with E-state index in [0.717, 1.165) is 26.4 Å².